The molecular formula is C23H21Cl2FN2O3S2. The van der Waals surface area contributed by atoms with Gasteiger partial charge >= 0.3 is 0 Å². The molecule has 0 aliphatic heterocycles. The van der Waals surface area contributed by atoms with E-state index < -0.39 is 20.5 Å². The number of anilines is 1. The molecule has 0 atom stereocenters. The van der Waals surface area contributed by atoms with Crippen LogP contribution in [0.25, 0.3) is 0 Å². The zero-order valence-corrected chi connectivity index (χ0v) is 20.5. The van der Waals surface area contributed by atoms with Gasteiger partial charge in [0.1, 0.15) is 4.90 Å². The van der Waals surface area contributed by atoms with Gasteiger partial charge in [-0.05, 0) is 42.0 Å². The zero-order valence-electron chi connectivity index (χ0n) is 17.4. The quantitative estimate of drug-likeness (QED) is 0.344. The molecule has 1 amide bonds. The number of amides is 1. The molecule has 33 heavy (non-hydrogen) atoms. The summed E-state index contributed by atoms with van der Waals surface area (Å²) in [5.41, 5.74) is 0.972. The summed E-state index contributed by atoms with van der Waals surface area (Å²) in [6.45, 7) is 0.237. The van der Waals surface area contributed by atoms with Gasteiger partial charge in [-0.25, -0.2) is 12.8 Å². The average Bonchev–Trinajstić information content (AvgIpc) is 2.81. The second kappa shape index (κ2) is 11.7. The van der Waals surface area contributed by atoms with Gasteiger partial charge in [0, 0.05) is 18.1 Å². The number of carbonyl (C=O) groups excluding carboxylic acids is 1. The molecule has 3 aromatic carbocycles. The molecule has 10 heteroatoms. The minimum absolute atomic E-state index is 0.00263. The predicted octanol–water partition coefficient (Wildman–Crippen LogP) is 5.43. The Labute approximate surface area is 206 Å². The fraction of sp³-hybridized carbons (Fsp3) is 0.174. The van der Waals surface area contributed by atoms with Crippen molar-refractivity contribution in [1.29, 1.82) is 0 Å². The normalized spacial score (nSPS) is 11.2. The van der Waals surface area contributed by atoms with Crippen LogP contribution in [0.1, 0.15) is 5.56 Å². The van der Waals surface area contributed by atoms with Crippen molar-refractivity contribution in [3.63, 3.8) is 0 Å². The molecule has 2 N–H and O–H groups in total. The molecule has 3 rings (SSSR count). The van der Waals surface area contributed by atoms with Crippen molar-refractivity contribution in [3.05, 3.63) is 88.2 Å². The minimum atomic E-state index is -4.01. The summed E-state index contributed by atoms with van der Waals surface area (Å²) in [4.78, 5) is 11.6. The number of halogens is 3. The molecule has 0 fully saturated rings. The number of nitrogens with one attached hydrogen (secondary N) is 2. The highest BCUT2D eigenvalue weighted by Gasteiger charge is 2.23. The molecule has 174 valence electrons. The smallest absolute Gasteiger partial charge is 0.239 e. The fourth-order valence-electron chi connectivity index (χ4n) is 2.90. The van der Waals surface area contributed by atoms with E-state index in [4.69, 9.17) is 23.2 Å². The third kappa shape index (κ3) is 6.86. The summed E-state index contributed by atoms with van der Waals surface area (Å²) in [6, 6.07) is 17.1. The van der Waals surface area contributed by atoms with Crippen LogP contribution in [0, 0.1) is 5.82 Å². The Bertz CT molecular complexity index is 1230. The van der Waals surface area contributed by atoms with Gasteiger partial charge in [0.15, 0.2) is 5.82 Å². The molecule has 0 bridgehead atoms. The van der Waals surface area contributed by atoms with Gasteiger partial charge in [-0.1, -0.05) is 53.5 Å². The SMILES string of the molecule is O=C(CNc1cccc(S(=O)(=O)c2ccccc2)c1F)NCCSCc1ccc(Cl)c(Cl)c1. The van der Waals surface area contributed by atoms with Crippen molar-refractivity contribution < 1.29 is 17.6 Å². The number of sulfone groups is 1. The second-order valence-corrected chi connectivity index (χ2v) is 10.8. The Hall–Kier alpha value is -2.26. The van der Waals surface area contributed by atoms with Crippen LogP contribution in [-0.4, -0.2) is 33.2 Å². The number of carbonyl (C=O) groups is 1. The van der Waals surface area contributed by atoms with Crippen molar-refractivity contribution in [3.8, 4) is 0 Å². The van der Waals surface area contributed by atoms with E-state index in [1.54, 1.807) is 42.1 Å². The van der Waals surface area contributed by atoms with E-state index in [0.29, 0.717) is 22.3 Å². The third-order valence-corrected chi connectivity index (χ3v) is 8.12. The average molecular weight is 527 g/mol. The lowest BCUT2D eigenvalue weighted by molar-refractivity contribution is -0.119. The molecule has 0 aliphatic rings. The fourth-order valence-corrected chi connectivity index (χ4v) is 5.40. The van der Waals surface area contributed by atoms with E-state index >= 15 is 0 Å². The monoisotopic (exact) mass is 526 g/mol. The van der Waals surface area contributed by atoms with Crippen LogP contribution in [0.15, 0.2) is 76.5 Å². The Morgan fingerprint density at radius 1 is 0.970 bits per heavy atom. The molecule has 5 nitrogen and oxygen atoms in total. The van der Waals surface area contributed by atoms with Gasteiger partial charge < -0.3 is 10.6 Å². The molecule has 0 aliphatic carbocycles. The minimum Gasteiger partial charge on any atom is -0.374 e. The summed E-state index contributed by atoms with van der Waals surface area (Å²) in [5.74, 6) is 0.136. The number of thioether (sulfide) groups is 1. The summed E-state index contributed by atoms with van der Waals surface area (Å²) >= 11 is 13.5. The van der Waals surface area contributed by atoms with Gasteiger partial charge in [-0.15, -0.1) is 0 Å². The molecule has 0 unspecified atom stereocenters. The van der Waals surface area contributed by atoms with E-state index in [-0.39, 0.29) is 23.0 Å². The highest BCUT2D eigenvalue weighted by molar-refractivity contribution is 7.98. The van der Waals surface area contributed by atoms with E-state index in [9.17, 15) is 17.6 Å². The van der Waals surface area contributed by atoms with E-state index in [1.165, 1.54) is 30.3 Å². The van der Waals surface area contributed by atoms with Crippen molar-refractivity contribution >= 4 is 56.4 Å². The zero-order chi connectivity index (χ0) is 23.8. The Kier molecular flexibility index (Phi) is 9.02. The topological polar surface area (TPSA) is 75.3 Å². The highest BCUT2D eigenvalue weighted by Crippen LogP contribution is 2.27. The largest absolute Gasteiger partial charge is 0.374 e. The van der Waals surface area contributed by atoms with Crippen LogP contribution in [0.5, 0.6) is 0 Å². The molecule has 3 aromatic rings. The molecule has 0 saturated carbocycles. The van der Waals surface area contributed by atoms with Crippen molar-refractivity contribution in [1.82, 2.24) is 5.32 Å². The van der Waals surface area contributed by atoms with Crippen LogP contribution >= 0.6 is 35.0 Å². The number of hydrogen-bond donors (Lipinski definition) is 2. The summed E-state index contributed by atoms with van der Waals surface area (Å²) in [5, 5.41) is 6.42. The first-order valence-corrected chi connectivity index (χ1v) is 13.3. The molecule has 0 saturated heterocycles. The molecular weight excluding hydrogens is 506 g/mol. The van der Waals surface area contributed by atoms with Crippen molar-refractivity contribution in [2.24, 2.45) is 0 Å². The maximum atomic E-state index is 14.9. The molecule has 0 spiro atoms. The first kappa shape index (κ1) is 25.4. The highest BCUT2D eigenvalue weighted by atomic mass is 35.5. The van der Waals surface area contributed by atoms with E-state index in [0.717, 1.165) is 11.3 Å². The predicted molar refractivity (Wildman–Crippen MR) is 132 cm³/mol. The van der Waals surface area contributed by atoms with E-state index in [2.05, 4.69) is 10.6 Å². The lowest BCUT2D eigenvalue weighted by Gasteiger charge is -2.12. The summed E-state index contributed by atoms with van der Waals surface area (Å²) in [7, 11) is -4.01. The lowest BCUT2D eigenvalue weighted by atomic mass is 10.2. The first-order valence-electron chi connectivity index (χ1n) is 9.90. The standard InChI is InChI=1S/C23H21Cl2FN2O3S2/c24-18-10-9-16(13-19(18)25)15-32-12-11-27-22(29)14-28-20-7-4-8-21(23(20)26)33(30,31)17-5-2-1-3-6-17/h1-10,13,28H,11-12,14-15H2,(H,27,29). The Morgan fingerprint density at radius 2 is 1.73 bits per heavy atom. The number of rotatable bonds is 10. The van der Waals surface area contributed by atoms with Gasteiger partial charge in [0.25, 0.3) is 0 Å². The lowest BCUT2D eigenvalue weighted by Crippen LogP contribution is -2.31. The van der Waals surface area contributed by atoms with E-state index in [1.807, 2.05) is 6.07 Å². The summed E-state index contributed by atoms with van der Waals surface area (Å²) < 4.78 is 40.3. The van der Waals surface area contributed by atoms with Gasteiger partial charge in [-0.3, -0.25) is 4.79 Å². The second-order valence-electron chi connectivity index (χ2n) is 6.94. The van der Waals surface area contributed by atoms with Crippen LogP contribution in [-0.2, 0) is 20.4 Å². The maximum absolute atomic E-state index is 14.9. The molecule has 0 heterocycles. The van der Waals surface area contributed by atoms with Crippen LogP contribution in [0.2, 0.25) is 10.0 Å². The Morgan fingerprint density at radius 3 is 2.45 bits per heavy atom. The van der Waals surface area contributed by atoms with Gasteiger partial charge in [-0.2, -0.15) is 11.8 Å². The van der Waals surface area contributed by atoms with Gasteiger partial charge in [0.05, 0.1) is 27.2 Å². The number of hydrogen-bond acceptors (Lipinski definition) is 5. The maximum Gasteiger partial charge on any atom is 0.239 e. The Balaban J connectivity index is 1.48. The van der Waals surface area contributed by atoms with Crippen LogP contribution in [0.3, 0.4) is 0 Å². The van der Waals surface area contributed by atoms with Crippen molar-refractivity contribution in [2.75, 3.05) is 24.2 Å². The van der Waals surface area contributed by atoms with Crippen LogP contribution < -0.4 is 10.6 Å². The molecule has 0 radical (unpaired) electrons. The molecule has 0 aromatic heterocycles. The number of benzene rings is 3. The van der Waals surface area contributed by atoms with Crippen LogP contribution in [0.4, 0.5) is 10.1 Å². The summed E-state index contributed by atoms with van der Waals surface area (Å²) in [6.07, 6.45) is 0. The first-order chi connectivity index (χ1) is 15.8. The van der Waals surface area contributed by atoms with Gasteiger partial charge in [0.2, 0.25) is 15.7 Å². The van der Waals surface area contributed by atoms with Crippen molar-refractivity contribution in [2.45, 2.75) is 15.5 Å². The third-order valence-electron chi connectivity index (χ3n) is 4.57.